The maximum absolute atomic E-state index is 5.19. The van der Waals surface area contributed by atoms with E-state index < -0.39 is 0 Å². The van der Waals surface area contributed by atoms with Gasteiger partial charge >= 0.3 is 0 Å². The molecule has 2 rings (SSSR count). The van der Waals surface area contributed by atoms with Gasteiger partial charge in [-0.1, -0.05) is 5.92 Å². The van der Waals surface area contributed by atoms with Crippen molar-refractivity contribution in [1.82, 2.24) is 4.98 Å². The van der Waals surface area contributed by atoms with E-state index in [4.69, 9.17) is 9.47 Å². The van der Waals surface area contributed by atoms with E-state index in [1.54, 1.807) is 20.4 Å². The first-order valence-electron chi connectivity index (χ1n) is 4.20. The zero-order valence-electron chi connectivity index (χ0n) is 8.05. The van der Waals surface area contributed by atoms with Gasteiger partial charge in [-0.15, -0.1) is 0 Å². The first-order valence-corrected chi connectivity index (χ1v) is 4.20. The van der Waals surface area contributed by atoms with Gasteiger partial charge in [0.2, 0.25) is 5.88 Å². The van der Waals surface area contributed by atoms with Crippen molar-refractivity contribution < 1.29 is 9.47 Å². The minimum atomic E-state index is 0.551. The van der Waals surface area contributed by atoms with E-state index in [1.165, 1.54) is 0 Å². The molecule has 0 saturated carbocycles. The quantitative estimate of drug-likeness (QED) is 0.707. The number of aromatic nitrogens is 1. The van der Waals surface area contributed by atoms with Gasteiger partial charge < -0.3 is 14.8 Å². The minimum absolute atomic E-state index is 0.551. The van der Waals surface area contributed by atoms with E-state index in [0.29, 0.717) is 12.3 Å². The highest BCUT2D eigenvalue weighted by atomic mass is 16.5. The molecular formula is C10H10N2O2. The summed E-state index contributed by atoms with van der Waals surface area (Å²) in [6, 6.07) is 2.79. The van der Waals surface area contributed by atoms with Gasteiger partial charge in [0.25, 0.3) is 0 Å². The number of anilines is 1. The molecule has 72 valence electrons. The largest absolute Gasteiger partial charge is 0.495 e. The maximum Gasteiger partial charge on any atom is 0.238 e. The Morgan fingerprint density at radius 2 is 2.29 bits per heavy atom. The van der Waals surface area contributed by atoms with Crippen LogP contribution in [0.4, 0.5) is 5.69 Å². The van der Waals surface area contributed by atoms with Crippen LogP contribution in [-0.4, -0.2) is 19.2 Å². The molecule has 0 fully saturated rings. The van der Waals surface area contributed by atoms with E-state index in [-0.39, 0.29) is 0 Å². The lowest BCUT2D eigenvalue weighted by Crippen LogP contribution is -2.06. The number of methoxy groups -OCH3 is 2. The third-order valence-corrected chi connectivity index (χ3v) is 2.07. The van der Waals surface area contributed by atoms with Crippen molar-refractivity contribution >= 4 is 5.69 Å². The van der Waals surface area contributed by atoms with Crippen LogP contribution < -0.4 is 14.8 Å². The summed E-state index contributed by atoms with van der Waals surface area (Å²) in [5.41, 5.74) is 1.81. The van der Waals surface area contributed by atoms with E-state index in [0.717, 1.165) is 17.0 Å². The Morgan fingerprint density at radius 1 is 1.43 bits per heavy atom. The fourth-order valence-corrected chi connectivity index (χ4v) is 1.39. The van der Waals surface area contributed by atoms with E-state index in [9.17, 15) is 0 Å². The fourth-order valence-electron chi connectivity index (χ4n) is 1.39. The fraction of sp³-hybridized carbons (Fsp3) is 0.300. The Morgan fingerprint density at radius 3 is 3.00 bits per heavy atom. The van der Waals surface area contributed by atoms with Gasteiger partial charge in [-0.25, -0.2) is 4.98 Å². The summed E-state index contributed by atoms with van der Waals surface area (Å²) in [4.78, 5) is 4.10. The monoisotopic (exact) mass is 190 g/mol. The lowest BCUT2D eigenvalue weighted by molar-refractivity contribution is 0.387. The van der Waals surface area contributed by atoms with Crippen LogP contribution in [0.3, 0.4) is 0 Å². The Balaban J connectivity index is 2.56. The SMILES string of the molecule is COc1cnc(OC)c2c1CC#CN2. The third kappa shape index (κ3) is 1.23. The molecule has 0 unspecified atom stereocenters. The molecule has 1 aliphatic heterocycles. The van der Waals surface area contributed by atoms with Crippen LogP contribution >= 0.6 is 0 Å². The molecule has 4 nitrogen and oxygen atoms in total. The predicted molar refractivity (Wildman–Crippen MR) is 52.4 cm³/mol. The van der Waals surface area contributed by atoms with Crippen molar-refractivity contribution in [3.63, 3.8) is 0 Å². The van der Waals surface area contributed by atoms with E-state index in [2.05, 4.69) is 22.3 Å². The Labute approximate surface area is 82.2 Å². The number of fused-ring (bicyclic) bond motifs is 1. The highest BCUT2D eigenvalue weighted by Gasteiger charge is 2.16. The average Bonchev–Trinajstić information content (AvgIpc) is 2.27. The molecule has 0 aromatic carbocycles. The van der Waals surface area contributed by atoms with Gasteiger partial charge in [0.05, 0.1) is 20.4 Å². The van der Waals surface area contributed by atoms with Crippen molar-refractivity contribution in [3.05, 3.63) is 11.8 Å². The van der Waals surface area contributed by atoms with Crippen LogP contribution in [0.25, 0.3) is 0 Å². The molecule has 0 aliphatic carbocycles. The van der Waals surface area contributed by atoms with Crippen LogP contribution in [0.5, 0.6) is 11.6 Å². The minimum Gasteiger partial charge on any atom is -0.495 e. The second kappa shape index (κ2) is 3.46. The van der Waals surface area contributed by atoms with Crippen LogP contribution in [0.15, 0.2) is 6.20 Å². The van der Waals surface area contributed by atoms with Crippen molar-refractivity contribution in [2.75, 3.05) is 19.5 Å². The van der Waals surface area contributed by atoms with Gasteiger partial charge in [0, 0.05) is 18.0 Å². The Hall–Kier alpha value is -1.89. The lowest BCUT2D eigenvalue weighted by atomic mass is 10.1. The van der Waals surface area contributed by atoms with Gasteiger partial charge in [-0.2, -0.15) is 0 Å². The zero-order chi connectivity index (χ0) is 9.97. The molecule has 0 bridgehead atoms. The molecule has 4 heteroatoms. The van der Waals surface area contributed by atoms with Crippen LogP contribution in [0, 0.1) is 12.0 Å². The molecule has 14 heavy (non-hydrogen) atoms. The molecule has 0 atom stereocenters. The number of ether oxygens (including phenoxy) is 2. The van der Waals surface area contributed by atoms with Crippen LogP contribution in [0.2, 0.25) is 0 Å². The number of rotatable bonds is 2. The molecule has 1 N–H and O–H groups in total. The van der Waals surface area contributed by atoms with Crippen LogP contribution in [0.1, 0.15) is 5.56 Å². The molecule has 0 amide bonds. The molecule has 0 spiro atoms. The summed E-state index contributed by atoms with van der Waals surface area (Å²) in [5, 5.41) is 2.93. The molecule has 1 aromatic rings. The summed E-state index contributed by atoms with van der Waals surface area (Å²) >= 11 is 0. The molecule has 2 heterocycles. The van der Waals surface area contributed by atoms with Crippen molar-refractivity contribution in [3.8, 4) is 23.6 Å². The Bertz CT molecular complexity index is 381. The maximum atomic E-state index is 5.19. The Kier molecular flexibility index (Phi) is 2.15. The van der Waals surface area contributed by atoms with Crippen LogP contribution in [-0.2, 0) is 6.42 Å². The first-order chi connectivity index (χ1) is 6.86. The molecular weight excluding hydrogens is 180 g/mol. The van der Waals surface area contributed by atoms with Crippen molar-refractivity contribution in [2.24, 2.45) is 0 Å². The lowest BCUT2D eigenvalue weighted by Gasteiger charge is -2.15. The number of hydrogen-bond donors (Lipinski definition) is 1. The summed E-state index contributed by atoms with van der Waals surface area (Å²) in [5.74, 6) is 4.23. The summed E-state index contributed by atoms with van der Waals surface area (Å²) in [6.07, 6.45) is 2.30. The molecule has 0 saturated heterocycles. The second-order valence-corrected chi connectivity index (χ2v) is 2.79. The van der Waals surface area contributed by atoms with Crippen molar-refractivity contribution in [2.45, 2.75) is 6.42 Å². The third-order valence-electron chi connectivity index (χ3n) is 2.07. The van der Waals surface area contributed by atoms with Gasteiger partial charge in [-0.3, -0.25) is 0 Å². The van der Waals surface area contributed by atoms with Gasteiger partial charge in [0.15, 0.2) is 0 Å². The van der Waals surface area contributed by atoms with E-state index in [1.807, 2.05) is 0 Å². The summed E-state index contributed by atoms with van der Waals surface area (Å²) in [6.45, 7) is 0. The number of nitrogens with one attached hydrogen (secondary N) is 1. The standard InChI is InChI=1S/C10H10N2O2/c1-13-8-6-12-10(14-2)9-7(8)4-3-5-11-9/h6,11H,4H2,1-2H3. The molecule has 0 radical (unpaired) electrons. The summed E-state index contributed by atoms with van der Waals surface area (Å²) < 4.78 is 10.3. The number of hydrogen-bond acceptors (Lipinski definition) is 4. The second-order valence-electron chi connectivity index (χ2n) is 2.79. The average molecular weight is 190 g/mol. The normalized spacial score (nSPS) is 11.9. The number of nitrogens with zero attached hydrogens (tertiary/aromatic N) is 1. The number of pyridine rings is 1. The smallest absolute Gasteiger partial charge is 0.238 e. The highest BCUT2D eigenvalue weighted by molar-refractivity contribution is 5.68. The van der Waals surface area contributed by atoms with E-state index >= 15 is 0 Å². The van der Waals surface area contributed by atoms with Gasteiger partial charge in [0.1, 0.15) is 11.4 Å². The zero-order valence-corrected chi connectivity index (χ0v) is 8.05. The molecule has 1 aromatic heterocycles. The first kappa shape index (κ1) is 8.70. The van der Waals surface area contributed by atoms with Crippen molar-refractivity contribution in [1.29, 1.82) is 0 Å². The highest BCUT2D eigenvalue weighted by Crippen LogP contribution is 2.34. The molecule has 1 aliphatic rings. The predicted octanol–water partition coefficient (Wildman–Crippen LogP) is 1.03. The topological polar surface area (TPSA) is 43.4 Å². The van der Waals surface area contributed by atoms with Gasteiger partial charge in [-0.05, 0) is 0 Å². The summed E-state index contributed by atoms with van der Waals surface area (Å²) in [7, 11) is 3.20.